The molecule has 2 aromatic rings. The molecular weight excluding hydrogens is 446 g/mol. The summed E-state index contributed by atoms with van der Waals surface area (Å²) >= 11 is 0. The summed E-state index contributed by atoms with van der Waals surface area (Å²) in [6.45, 7) is 4.04. The van der Waals surface area contributed by atoms with E-state index in [2.05, 4.69) is 22.3 Å². The van der Waals surface area contributed by atoms with Gasteiger partial charge in [-0.05, 0) is 23.3 Å². The fraction of sp³-hybridized carbons (Fsp3) is 0.435. The van der Waals surface area contributed by atoms with Crippen LogP contribution in [0, 0.1) is 0 Å². The Morgan fingerprint density at radius 1 is 1.09 bits per heavy atom. The molecule has 1 aliphatic heterocycles. The van der Waals surface area contributed by atoms with Crippen LogP contribution in [0.2, 0.25) is 0 Å². The minimum absolute atomic E-state index is 0.267. The van der Waals surface area contributed by atoms with Gasteiger partial charge in [0.05, 0.1) is 39.4 Å². The van der Waals surface area contributed by atoms with Crippen molar-refractivity contribution in [2.75, 3.05) is 57.6 Å². The molecule has 33 heavy (non-hydrogen) atoms. The first-order valence-electron chi connectivity index (χ1n) is 10.6. The van der Waals surface area contributed by atoms with Crippen LogP contribution in [0.25, 0.3) is 0 Å². The first kappa shape index (κ1) is 24.8. The second-order valence-electron chi connectivity index (χ2n) is 7.79. The number of hydrogen-bond acceptors (Lipinski definition) is 7. The Morgan fingerprint density at radius 2 is 1.82 bits per heavy atom. The summed E-state index contributed by atoms with van der Waals surface area (Å²) in [5.74, 6) is 0.394. The maximum absolute atomic E-state index is 12.7. The molecule has 10 heteroatoms. The van der Waals surface area contributed by atoms with Gasteiger partial charge in [0.25, 0.3) is 0 Å². The summed E-state index contributed by atoms with van der Waals surface area (Å²) in [7, 11) is -0.796. The molecule has 0 aliphatic carbocycles. The number of nitrogens with zero attached hydrogens (tertiary/aromatic N) is 2. The van der Waals surface area contributed by atoms with Crippen LogP contribution in [0.15, 0.2) is 42.5 Å². The number of anilines is 1. The minimum atomic E-state index is -3.74. The molecule has 2 aromatic carbocycles. The molecular formula is C23H31N3O6S. The van der Waals surface area contributed by atoms with Crippen molar-refractivity contribution in [1.82, 2.24) is 10.2 Å². The van der Waals surface area contributed by atoms with Gasteiger partial charge in [-0.15, -0.1) is 0 Å². The standard InChI is InChI=1S/C23H31N3O6S/c1-30-20-7-8-21(22(14-20)31-2)26(33(3,28)29)17-23(27)24-15-18-5-4-6-19(13-18)16-25-9-11-32-12-10-25/h4-8,13-14H,9-12,15-17H2,1-3H3,(H,24,27). The quantitative estimate of drug-likeness (QED) is 0.555. The van der Waals surface area contributed by atoms with Crippen LogP contribution in [0.4, 0.5) is 5.69 Å². The maximum atomic E-state index is 12.7. The summed E-state index contributed by atoms with van der Waals surface area (Å²) in [5, 5.41) is 2.82. The van der Waals surface area contributed by atoms with Gasteiger partial charge in [0.15, 0.2) is 0 Å². The fourth-order valence-electron chi connectivity index (χ4n) is 3.61. The van der Waals surface area contributed by atoms with Gasteiger partial charge in [0, 0.05) is 32.2 Å². The Kier molecular flexibility index (Phi) is 8.54. The van der Waals surface area contributed by atoms with Gasteiger partial charge in [0.2, 0.25) is 15.9 Å². The smallest absolute Gasteiger partial charge is 0.241 e. The molecule has 0 atom stereocenters. The molecule has 1 N–H and O–H groups in total. The van der Waals surface area contributed by atoms with Crippen LogP contribution in [0.1, 0.15) is 11.1 Å². The van der Waals surface area contributed by atoms with Gasteiger partial charge in [-0.1, -0.05) is 24.3 Å². The number of hydrogen-bond donors (Lipinski definition) is 1. The van der Waals surface area contributed by atoms with Crippen molar-refractivity contribution in [3.05, 3.63) is 53.6 Å². The predicted molar refractivity (Wildman–Crippen MR) is 126 cm³/mol. The topological polar surface area (TPSA) is 97.4 Å². The summed E-state index contributed by atoms with van der Waals surface area (Å²) in [5.41, 5.74) is 2.37. The first-order valence-corrected chi connectivity index (χ1v) is 12.5. The third-order valence-corrected chi connectivity index (χ3v) is 6.46. The fourth-order valence-corrected chi connectivity index (χ4v) is 4.47. The lowest BCUT2D eigenvalue weighted by atomic mass is 10.1. The van der Waals surface area contributed by atoms with Crippen molar-refractivity contribution >= 4 is 21.6 Å². The lowest BCUT2D eigenvalue weighted by molar-refractivity contribution is -0.119. The number of carbonyl (C=O) groups excluding carboxylic acids is 1. The van der Waals surface area contributed by atoms with E-state index in [0.717, 1.165) is 54.5 Å². The van der Waals surface area contributed by atoms with E-state index < -0.39 is 15.9 Å². The number of morpholine rings is 1. The second kappa shape index (κ2) is 11.4. The van der Waals surface area contributed by atoms with Crippen LogP contribution >= 0.6 is 0 Å². The molecule has 9 nitrogen and oxygen atoms in total. The van der Waals surface area contributed by atoms with Crippen molar-refractivity contribution in [3.8, 4) is 11.5 Å². The average Bonchev–Trinajstić information content (AvgIpc) is 2.81. The molecule has 1 aliphatic rings. The zero-order chi connectivity index (χ0) is 23.8. The lowest BCUT2D eigenvalue weighted by Gasteiger charge is -2.26. The molecule has 180 valence electrons. The maximum Gasteiger partial charge on any atom is 0.241 e. The van der Waals surface area contributed by atoms with Gasteiger partial charge in [-0.2, -0.15) is 0 Å². The van der Waals surface area contributed by atoms with Crippen molar-refractivity contribution in [1.29, 1.82) is 0 Å². The van der Waals surface area contributed by atoms with E-state index in [1.807, 2.05) is 12.1 Å². The summed E-state index contributed by atoms with van der Waals surface area (Å²) < 4.78 is 41.8. The highest BCUT2D eigenvalue weighted by atomic mass is 32.2. The minimum Gasteiger partial charge on any atom is -0.497 e. The Hall–Kier alpha value is -2.82. The Labute approximate surface area is 195 Å². The monoisotopic (exact) mass is 477 g/mol. The van der Waals surface area contributed by atoms with E-state index in [9.17, 15) is 13.2 Å². The number of ether oxygens (including phenoxy) is 3. The van der Waals surface area contributed by atoms with Crippen molar-refractivity contribution in [2.24, 2.45) is 0 Å². The largest absolute Gasteiger partial charge is 0.497 e. The van der Waals surface area contributed by atoms with Crippen molar-refractivity contribution in [3.63, 3.8) is 0 Å². The number of nitrogens with one attached hydrogen (secondary N) is 1. The molecule has 0 saturated carbocycles. The molecule has 0 bridgehead atoms. The predicted octanol–water partition coefficient (Wildman–Crippen LogP) is 1.62. The SMILES string of the molecule is COc1ccc(N(CC(=O)NCc2cccc(CN3CCOCC3)c2)S(C)(=O)=O)c(OC)c1. The highest BCUT2D eigenvalue weighted by Crippen LogP contribution is 2.33. The molecule has 0 radical (unpaired) electrons. The first-order chi connectivity index (χ1) is 15.8. The average molecular weight is 478 g/mol. The van der Waals surface area contributed by atoms with E-state index >= 15 is 0 Å². The summed E-state index contributed by atoms with van der Waals surface area (Å²) in [4.78, 5) is 15.0. The lowest BCUT2D eigenvalue weighted by Crippen LogP contribution is -2.40. The number of carbonyl (C=O) groups is 1. The normalized spacial score (nSPS) is 14.5. The van der Waals surface area contributed by atoms with E-state index in [0.29, 0.717) is 18.0 Å². The third-order valence-electron chi connectivity index (χ3n) is 5.33. The Morgan fingerprint density at radius 3 is 2.48 bits per heavy atom. The van der Waals surface area contributed by atoms with Gasteiger partial charge in [-0.3, -0.25) is 14.0 Å². The van der Waals surface area contributed by atoms with Gasteiger partial charge in [0.1, 0.15) is 18.0 Å². The number of rotatable bonds is 10. The zero-order valence-corrected chi connectivity index (χ0v) is 20.1. The molecule has 0 unspecified atom stereocenters. The molecule has 1 saturated heterocycles. The molecule has 0 spiro atoms. The molecule has 1 amide bonds. The van der Waals surface area contributed by atoms with Gasteiger partial charge >= 0.3 is 0 Å². The number of benzene rings is 2. The van der Waals surface area contributed by atoms with Crippen molar-refractivity contribution in [2.45, 2.75) is 13.1 Å². The van der Waals surface area contributed by atoms with Crippen LogP contribution in [0.5, 0.6) is 11.5 Å². The van der Waals surface area contributed by atoms with E-state index in [1.54, 1.807) is 18.2 Å². The molecule has 3 rings (SSSR count). The van der Waals surface area contributed by atoms with Crippen LogP contribution < -0.4 is 19.1 Å². The van der Waals surface area contributed by atoms with E-state index in [1.165, 1.54) is 14.2 Å². The molecule has 0 aromatic heterocycles. The van der Waals surface area contributed by atoms with Crippen LogP contribution in [0.3, 0.4) is 0 Å². The highest BCUT2D eigenvalue weighted by molar-refractivity contribution is 7.92. The van der Waals surface area contributed by atoms with E-state index in [4.69, 9.17) is 14.2 Å². The highest BCUT2D eigenvalue weighted by Gasteiger charge is 2.24. The van der Waals surface area contributed by atoms with Gasteiger partial charge < -0.3 is 19.5 Å². The number of methoxy groups -OCH3 is 2. The summed E-state index contributed by atoms with van der Waals surface area (Å²) in [6.07, 6.45) is 1.05. The zero-order valence-electron chi connectivity index (χ0n) is 19.2. The molecule has 1 fully saturated rings. The molecule has 1 heterocycles. The van der Waals surface area contributed by atoms with Crippen LogP contribution in [-0.4, -0.2) is 72.5 Å². The summed E-state index contributed by atoms with van der Waals surface area (Å²) in [6, 6.07) is 12.8. The number of sulfonamides is 1. The Balaban J connectivity index is 1.65. The van der Waals surface area contributed by atoms with E-state index in [-0.39, 0.29) is 12.2 Å². The third kappa shape index (κ3) is 7.08. The van der Waals surface area contributed by atoms with Crippen molar-refractivity contribution < 1.29 is 27.4 Å². The second-order valence-corrected chi connectivity index (χ2v) is 9.70. The van der Waals surface area contributed by atoms with Gasteiger partial charge in [-0.25, -0.2) is 8.42 Å². The number of amides is 1. The van der Waals surface area contributed by atoms with Crippen LogP contribution in [-0.2, 0) is 32.6 Å². The Bertz CT molecular complexity index is 1050.